The number of fused-ring (bicyclic) bond motifs is 1. The van der Waals surface area contributed by atoms with Crippen molar-refractivity contribution in [2.45, 2.75) is 109 Å². The van der Waals surface area contributed by atoms with Crippen LogP contribution in [-0.4, -0.2) is 90.1 Å². The fraction of sp³-hybridized carbons (Fsp3) is 0.525. The van der Waals surface area contributed by atoms with Gasteiger partial charge < -0.3 is 24.4 Å². The molecule has 3 heterocycles. The number of carbonyl (C=O) groups excluding carboxylic acids is 3. The molecule has 2 saturated heterocycles. The molecule has 57 heavy (non-hydrogen) atoms. The maximum Gasteiger partial charge on any atom is 0.437 e. The van der Waals surface area contributed by atoms with Crippen molar-refractivity contribution in [2.75, 3.05) is 26.2 Å². The Bertz CT molecular complexity index is 2110. The lowest BCUT2D eigenvalue weighted by Gasteiger charge is -2.34. The van der Waals surface area contributed by atoms with E-state index in [0.29, 0.717) is 68.6 Å². The maximum atomic E-state index is 14.1. The number of alkyl carbamates (subject to hydrolysis) is 1. The first-order chi connectivity index (χ1) is 26.7. The third kappa shape index (κ3) is 11.7. The molecule has 0 radical (unpaired) electrons. The van der Waals surface area contributed by atoms with Gasteiger partial charge in [0.05, 0.1) is 5.02 Å². The number of halogens is 2. The van der Waals surface area contributed by atoms with Gasteiger partial charge in [-0.15, -0.1) is 4.99 Å². The molecule has 2 aliphatic rings. The first-order valence-corrected chi connectivity index (χ1v) is 21.2. The minimum Gasteiger partial charge on any atom is -0.487 e. The van der Waals surface area contributed by atoms with E-state index in [9.17, 15) is 22.8 Å². The summed E-state index contributed by atoms with van der Waals surface area (Å²) in [5, 5.41) is 6.62. The van der Waals surface area contributed by atoms with E-state index < -0.39 is 39.5 Å². The summed E-state index contributed by atoms with van der Waals surface area (Å²) in [6.07, 6.45) is 1.34. The highest BCUT2D eigenvalue weighted by molar-refractivity contribution is 7.89. The van der Waals surface area contributed by atoms with Gasteiger partial charge in [0.2, 0.25) is 21.9 Å². The minimum absolute atomic E-state index is 0.0467. The lowest BCUT2D eigenvalue weighted by atomic mass is 9.93. The summed E-state index contributed by atoms with van der Waals surface area (Å²) in [6, 6.07) is 11.3. The van der Waals surface area contributed by atoms with Gasteiger partial charge in [-0.3, -0.25) is 10.1 Å². The van der Waals surface area contributed by atoms with Gasteiger partial charge in [0, 0.05) is 47.8 Å². The van der Waals surface area contributed by atoms with Gasteiger partial charge in [0.1, 0.15) is 40.0 Å². The molecule has 3 aromatic rings. The normalized spacial score (nSPS) is 17.4. The third-order valence-electron chi connectivity index (χ3n) is 9.41. The SMILES string of the molecule is Cc1ccc2cccc(OCc3c(Cl)ccc(S(=O)(=O)N4CCC[C@H]4C(=O)NCCC4CCN(C(=NC(=O)OC(C)(C)C)NC(=O)OC(C)(C)C)CC4)c3Cl)c2n1. The molecule has 17 heteroatoms. The number of aryl methyl sites for hydroxylation is 1. The molecule has 0 unspecified atom stereocenters. The van der Waals surface area contributed by atoms with Gasteiger partial charge >= 0.3 is 12.2 Å². The molecular weight excluding hydrogens is 795 g/mol. The molecule has 0 aliphatic carbocycles. The van der Waals surface area contributed by atoms with E-state index in [-0.39, 0.29) is 45.9 Å². The van der Waals surface area contributed by atoms with Crippen LogP contribution in [0, 0.1) is 12.8 Å². The van der Waals surface area contributed by atoms with Crippen molar-refractivity contribution in [2.24, 2.45) is 10.9 Å². The Kier molecular flexibility index (Phi) is 14.0. The van der Waals surface area contributed by atoms with Gasteiger partial charge in [-0.05, 0) is 111 Å². The van der Waals surface area contributed by atoms with Crippen LogP contribution in [0.25, 0.3) is 10.9 Å². The second kappa shape index (κ2) is 18.2. The number of amides is 3. The molecule has 0 bridgehead atoms. The summed E-state index contributed by atoms with van der Waals surface area (Å²) in [5.74, 6) is 0.390. The minimum atomic E-state index is -4.20. The van der Waals surface area contributed by atoms with Crippen molar-refractivity contribution >= 4 is 68.2 Å². The van der Waals surface area contributed by atoms with Crippen molar-refractivity contribution in [3.05, 3.63) is 63.8 Å². The van der Waals surface area contributed by atoms with Crippen LogP contribution in [0.3, 0.4) is 0 Å². The van der Waals surface area contributed by atoms with Crippen molar-refractivity contribution in [3.8, 4) is 5.75 Å². The smallest absolute Gasteiger partial charge is 0.437 e. The number of ether oxygens (including phenoxy) is 3. The van der Waals surface area contributed by atoms with Gasteiger partial charge in [0.25, 0.3) is 0 Å². The van der Waals surface area contributed by atoms with Crippen molar-refractivity contribution in [1.82, 2.24) is 24.8 Å². The number of para-hydroxylation sites is 1. The second-order valence-corrected chi connectivity index (χ2v) is 18.9. The summed E-state index contributed by atoms with van der Waals surface area (Å²) in [5.41, 5.74) is 0.265. The summed E-state index contributed by atoms with van der Waals surface area (Å²) < 4.78 is 46.2. The van der Waals surface area contributed by atoms with E-state index in [1.54, 1.807) is 52.5 Å². The first kappa shape index (κ1) is 43.9. The average molecular weight is 848 g/mol. The largest absolute Gasteiger partial charge is 0.487 e. The molecule has 3 amide bonds. The highest BCUT2D eigenvalue weighted by Crippen LogP contribution is 2.36. The van der Waals surface area contributed by atoms with Gasteiger partial charge in [-0.25, -0.2) is 23.0 Å². The highest BCUT2D eigenvalue weighted by Gasteiger charge is 2.41. The number of benzene rings is 2. The number of aromatic nitrogens is 1. The predicted octanol–water partition coefficient (Wildman–Crippen LogP) is 7.62. The molecule has 310 valence electrons. The van der Waals surface area contributed by atoms with Crippen LogP contribution in [0.2, 0.25) is 10.0 Å². The lowest BCUT2D eigenvalue weighted by molar-refractivity contribution is -0.124. The lowest BCUT2D eigenvalue weighted by Crippen LogP contribution is -2.49. The number of hydrogen-bond acceptors (Lipinski definition) is 9. The Morgan fingerprint density at radius 3 is 2.32 bits per heavy atom. The number of carbonyl (C=O) groups is 3. The number of guanidine groups is 1. The zero-order valence-electron chi connectivity index (χ0n) is 33.5. The van der Waals surface area contributed by atoms with E-state index in [1.165, 1.54) is 16.4 Å². The summed E-state index contributed by atoms with van der Waals surface area (Å²) in [6.45, 7) is 13.6. The fourth-order valence-electron chi connectivity index (χ4n) is 6.70. The van der Waals surface area contributed by atoms with Crippen LogP contribution in [-0.2, 0) is 30.9 Å². The standard InChI is InChI=1S/C40H52Cl2N6O8S/c1-25-13-14-27-10-8-12-31(34(27)44-25)54-24-28-29(41)15-16-32(33(28)42)57(52,53)48-21-9-11-30(48)35(49)43-20-17-26-18-22-47(23-19-26)36(45-37(50)55-39(2,3)4)46-38(51)56-40(5,6)7/h8,10,12-16,26,30H,9,11,17-24H2,1-7H3,(H,43,49)(H,45,46,50,51)/t30-/m0/s1. The first-order valence-electron chi connectivity index (χ1n) is 19.0. The zero-order valence-corrected chi connectivity index (χ0v) is 35.8. The van der Waals surface area contributed by atoms with E-state index in [2.05, 4.69) is 20.6 Å². The number of rotatable bonds is 9. The highest BCUT2D eigenvalue weighted by atomic mass is 35.5. The topological polar surface area (TPSA) is 169 Å². The monoisotopic (exact) mass is 846 g/mol. The van der Waals surface area contributed by atoms with Crippen molar-refractivity contribution in [1.29, 1.82) is 0 Å². The van der Waals surface area contributed by atoms with E-state index >= 15 is 0 Å². The summed E-state index contributed by atoms with van der Waals surface area (Å²) in [4.78, 5) is 48.9. The number of hydrogen-bond donors (Lipinski definition) is 2. The van der Waals surface area contributed by atoms with Crippen LogP contribution in [0.5, 0.6) is 5.75 Å². The number of piperidine rings is 1. The third-order valence-corrected chi connectivity index (χ3v) is 12.3. The molecule has 2 aliphatic heterocycles. The molecule has 2 aromatic carbocycles. The molecule has 2 N–H and O–H groups in total. The van der Waals surface area contributed by atoms with E-state index in [1.807, 2.05) is 31.2 Å². The van der Waals surface area contributed by atoms with Crippen LogP contribution in [0.4, 0.5) is 9.59 Å². The number of pyridine rings is 1. The van der Waals surface area contributed by atoms with Gasteiger partial charge in [-0.2, -0.15) is 4.31 Å². The Morgan fingerprint density at radius 1 is 0.930 bits per heavy atom. The Labute approximate surface area is 344 Å². The molecule has 1 aromatic heterocycles. The predicted molar refractivity (Wildman–Crippen MR) is 219 cm³/mol. The maximum absolute atomic E-state index is 14.1. The van der Waals surface area contributed by atoms with E-state index in [4.69, 9.17) is 37.4 Å². The van der Waals surface area contributed by atoms with E-state index in [0.717, 1.165) is 11.1 Å². The van der Waals surface area contributed by atoms with Crippen molar-refractivity contribution in [3.63, 3.8) is 0 Å². The molecule has 0 spiro atoms. The van der Waals surface area contributed by atoms with Gasteiger partial charge in [0.15, 0.2) is 0 Å². The second-order valence-electron chi connectivity index (χ2n) is 16.2. The molecule has 0 saturated carbocycles. The summed E-state index contributed by atoms with van der Waals surface area (Å²) >= 11 is 13.3. The number of sulfonamides is 1. The van der Waals surface area contributed by atoms with Crippen molar-refractivity contribution < 1.29 is 37.0 Å². The fourth-order valence-corrected chi connectivity index (χ4v) is 9.22. The number of nitrogens with one attached hydrogen (secondary N) is 2. The Morgan fingerprint density at radius 2 is 1.63 bits per heavy atom. The molecule has 2 fully saturated rings. The number of aliphatic imine (C=N–C) groups is 1. The van der Waals surface area contributed by atoms with Gasteiger partial charge in [-0.1, -0.05) is 41.4 Å². The summed E-state index contributed by atoms with van der Waals surface area (Å²) in [7, 11) is -4.20. The van der Waals surface area contributed by atoms with Crippen LogP contribution >= 0.6 is 23.2 Å². The molecule has 14 nitrogen and oxygen atoms in total. The zero-order chi connectivity index (χ0) is 41.7. The quantitative estimate of drug-likeness (QED) is 0.162. The van der Waals surface area contributed by atoms with Crippen LogP contribution < -0.4 is 15.4 Å². The van der Waals surface area contributed by atoms with Crippen LogP contribution in [0.1, 0.15) is 84.9 Å². The molecular formula is C40H52Cl2N6O8S. The molecule has 1 atom stereocenters. The number of likely N-dealkylation sites (tertiary alicyclic amines) is 1. The Hall–Kier alpha value is -4.18. The average Bonchev–Trinajstić information content (AvgIpc) is 3.62. The molecule has 5 rings (SSSR count). The Balaban J connectivity index is 1.18. The van der Waals surface area contributed by atoms with Crippen LogP contribution in [0.15, 0.2) is 52.4 Å². The number of nitrogens with zero attached hydrogens (tertiary/aromatic N) is 4.